The monoisotopic (exact) mass is 825 g/mol. The van der Waals surface area contributed by atoms with Gasteiger partial charge in [0, 0.05) is 6.42 Å². The van der Waals surface area contributed by atoms with Gasteiger partial charge >= 0.3 is 0 Å². The van der Waals surface area contributed by atoms with Crippen LogP contribution in [0.25, 0.3) is 0 Å². The van der Waals surface area contributed by atoms with Gasteiger partial charge in [-0.1, -0.05) is 204 Å². The summed E-state index contributed by atoms with van der Waals surface area (Å²) in [5.41, 5.74) is 0. The third-order valence-electron chi connectivity index (χ3n) is 10.6. The van der Waals surface area contributed by atoms with Gasteiger partial charge in [-0.25, -0.2) is 0 Å². The topological polar surface area (TPSA) is 108 Å². The van der Waals surface area contributed by atoms with Crippen molar-refractivity contribution >= 4 is 13.7 Å². The second kappa shape index (κ2) is 40.1. The fourth-order valence-electron chi connectivity index (χ4n) is 6.78. The molecule has 0 heterocycles. The van der Waals surface area contributed by atoms with E-state index in [4.69, 9.17) is 9.05 Å². The van der Waals surface area contributed by atoms with E-state index >= 15 is 0 Å². The molecular weight excluding hydrogens is 732 g/mol. The van der Waals surface area contributed by atoms with Gasteiger partial charge in [-0.05, 0) is 38.5 Å². The van der Waals surface area contributed by atoms with Crippen molar-refractivity contribution in [1.82, 2.24) is 5.32 Å². The summed E-state index contributed by atoms with van der Waals surface area (Å²) in [6, 6.07) is -0.905. The summed E-state index contributed by atoms with van der Waals surface area (Å²) in [7, 11) is 1.24. The predicted octanol–water partition coefficient (Wildman–Crippen LogP) is 12.8. The molecular formula is C48H93N2O6P. The van der Waals surface area contributed by atoms with Crippen molar-refractivity contribution in [2.45, 2.75) is 225 Å². The lowest BCUT2D eigenvalue weighted by Crippen LogP contribution is -2.45. The third-order valence-corrected chi connectivity index (χ3v) is 11.5. The molecule has 0 spiro atoms. The minimum Gasteiger partial charge on any atom is -0.756 e. The van der Waals surface area contributed by atoms with E-state index in [1.807, 2.05) is 27.2 Å². The SMILES string of the molecule is CCC/C=C/CC/C=C/CC/C=C/C(O)C(COP(=O)([O-])OCC[N+](C)(C)C)NC(=O)CCCCCCCCCCCCCCCCCCCCCCCCCC. The van der Waals surface area contributed by atoms with Gasteiger partial charge in [-0.15, -0.1) is 0 Å². The number of carbonyl (C=O) groups excluding carboxylic acids is 1. The first kappa shape index (κ1) is 55.7. The van der Waals surface area contributed by atoms with E-state index in [1.54, 1.807) is 6.08 Å². The van der Waals surface area contributed by atoms with Crippen molar-refractivity contribution in [2.24, 2.45) is 0 Å². The highest BCUT2D eigenvalue weighted by atomic mass is 31.2. The summed E-state index contributed by atoms with van der Waals surface area (Å²) in [5, 5.41) is 13.7. The van der Waals surface area contributed by atoms with Crippen LogP contribution in [0.2, 0.25) is 0 Å². The van der Waals surface area contributed by atoms with Crippen LogP contribution in [0.1, 0.15) is 213 Å². The highest BCUT2D eigenvalue weighted by Crippen LogP contribution is 2.38. The standard InChI is InChI=1S/C48H93N2O6P/c1-6-8-10-12-14-16-18-19-20-21-22-23-24-25-26-27-28-29-30-32-34-36-38-40-42-48(52)49-46(45-56-57(53,54)55-44-43-50(3,4)5)47(51)41-39-37-35-33-31-17-15-13-11-9-7-2/h11,13,31,33,39,41,46-47,51H,6-10,12,14-30,32,34-38,40,42-45H2,1-5H3,(H-,49,52,53,54)/b13-11+,33-31+,41-39+. The number of rotatable bonds is 43. The summed E-state index contributed by atoms with van der Waals surface area (Å²) >= 11 is 0. The Balaban J connectivity index is 4.20. The van der Waals surface area contributed by atoms with E-state index in [-0.39, 0.29) is 12.5 Å². The van der Waals surface area contributed by atoms with E-state index in [0.717, 1.165) is 51.4 Å². The van der Waals surface area contributed by atoms with E-state index in [9.17, 15) is 19.4 Å². The molecule has 0 aromatic carbocycles. The lowest BCUT2D eigenvalue weighted by Gasteiger charge is -2.29. The first-order valence-corrected chi connectivity index (χ1v) is 25.3. The van der Waals surface area contributed by atoms with Gasteiger partial charge in [0.25, 0.3) is 7.82 Å². The van der Waals surface area contributed by atoms with Crippen LogP contribution in [0.5, 0.6) is 0 Å². The summed E-state index contributed by atoms with van der Waals surface area (Å²) in [4.78, 5) is 25.3. The molecule has 2 N–H and O–H groups in total. The molecule has 57 heavy (non-hydrogen) atoms. The Kier molecular flexibility index (Phi) is 39.2. The summed E-state index contributed by atoms with van der Waals surface area (Å²) in [6.45, 7) is 4.55. The number of phosphoric ester groups is 1. The molecule has 0 aromatic rings. The number of nitrogens with one attached hydrogen (secondary N) is 1. The van der Waals surface area contributed by atoms with Gasteiger partial charge in [0.1, 0.15) is 13.2 Å². The van der Waals surface area contributed by atoms with Crippen molar-refractivity contribution in [3.8, 4) is 0 Å². The minimum absolute atomic E-state index is 0.00807. The first-order valence-electron chi connectivity index (χ1n) is 23.9. The van der Waals surface area contributed by atoms with Gasteiger partial charge in [-0.2, -0.15) is 0 Å². The maximum absolute atomic E-state index is 12.9. The molecule has 0 aliphatic rings. The van der Waals surface area contributed by atoms with Crippen molar-refractivity contribution in [3.05, 3.63) is 36.5 Å². The lowest BCUT2D eigenvalue weighted by molar-refractivity contribution is -0.870. The highest BCUT2D eigenvalue weighted by Gasteiger charge is 2.23. The number of hydrogen-bond donors (Lipinski definition) is 2. The number of likely N-dealkylation sites (N-methyl/N-ethyl adjacent to an activating group) is 1. The van der Waals surface area contributed by atoms with Gasteiger partial charge in [0.05, 0.1) is 39.9 Å². The fourth-order valence-corrected chi connectivity index (χ4v) is 7.50. The van der Waals surface area contributed by atoms with Crippen LogP contribution >= 0.6 is 7.82 Å². The molecule has 3 unspecified atom stereocenters. The number of hydrogen-bond acceptors (Lipinski definition) is 6. The molecule has 0 bridgehead atoms. The van der Waals surface area contributed by atoms with Crippen LogP contribution in [0.4, 0.5) is 0 Å². The second-order valence-corrected chi connectivity index (χ2v) is 18.9. The van der Waals surface area contributed by atoms with Gasteiger partial charge in [-0.3, -0.25) is 9.36 Å². The van der Waals surface area contributed by atoms with Gasteiger partial charge in [0.15, 0.2) is 0 Å². The lowest BCUT2D eigenvalue weighted by atomic mass is 10.0. The maximum atomic E-state index is 12.9. The molecule has 1 amide bonds. The molecule has 9 heteroatoms. The average molecular weight is 825 g/mol. The van der Waals surface area contributed by atoms with Crippen molar-refractivity contribution in [3.63, 3.8) is 0 Å². The second-order valence-electron chi connectivity index (χ2n) is 17.5. The highest BCUT2D eigenvalue weighted by molar-refractivity contribution is 7.45. The summed E-state index contributed by atoms with van der Waals surface area (Å²) in [5.74, 6) is -0.211. The zero-order chi connectivity index (χ0) is 42.1. The summed E-state index contributed by atoms with van der Waals surface area (Å²) < 4.78 is 23.2. The molecule has 0 aliphatic carbocycles. The number of aliphatic hydroxyl groups is 1. The molecule has 0 saturated heterocycles. The molecule has 3 atom stereocenters. The van der Waals surface area contributed by atoms with E-state index in [2.05, 4.69) is 43.5 Å². The van der Waals surface area contributed by atoms with Crippen molar-refractivity contribution in [2.75, 3.05) is 40.9 Å². The van der Waals surface area contributed by atoms with Crippen LogP contribution in [0.3, 0.4) is 0 Å². The number of aliphatic hydroxyl groups excluding tert-OH is 1. The van der Waals surface area contributed by atoms with Gasteiger partial charge < -0.3 is 28.8 Å². The van der Waals surface area contributed by atoms with Gasteiger partial charge in [0.2, 0.25) is 5.91 Å². The first-order chi connectivity index (χ1) is 27.5. The Morgan fingerprint density at radius 2 is 0.982 bits per heavy atom. The van der Waals surface area contributed by atoms with Crippen molar-refractivity contribution < 1.29 is 32.9 Å². The number of carbonyl (C=O) groups is 1. The molecule has 336 valence electrons. The smallest absolute Gasteiger partial charge is 0.268 e. The number of nitrogens with zero attached hydrogens (tertiary/aromatic N) is 1. The van der Waals surface area contributed by atoms with E-state index < -0.39 is 26.6 Å². The number of quaternary nitrogens is 1. The molecule has 0 aliphatic heterocycles. The average Bonchev–Trinajstić information content (AvgIpc) is 3.16. The molecule has 0 aromatic heterocycles. The fraction of sp³-hybridized carbons (Fsp3) is 0.854. The summed E-state index contributed by atoms with van der Waals surface area (Å²) in [6.07, 6.45) is 49.3. The number of phosphoric acid groups is 1. The molecule has 0 rings (SSSR count). The number of amides is 1. The van der Waals surface area contributed by atoms with Crippen LogP contribution in [-0.2, 0) is 18.4 Å². The Bertz CT molecular complexity index is 1030. The van der Waals surface area contributed by atoms with E-state index in [0.29, 0.717) is 17.4 Å². The van der Waals surface area contributed by atoms with Crippen LogP contribution in [0.15, 0.2) is 36.5 Å². The quantitative estimate of drug-likeness (QED) is 0.0274. The Morgan fingerprint density at radius 3 is 1.39 bits per heavy atom. The van der Waals surface area contributed by atoms with E-state index in [1.165, 1.54) is 141 Å². The molecule has 0 radical (unpaired) electrons. The number of unbranched alkanes of at least 4 members (excludes halogenated alkanes) is 26. The molecule has 0 fully saturated rings. The Labute approximate surface area is 353 Å². The minimum atomic E-state index is -4.59. The predicted molar refractivity (Wildman–Crippen MR) is 242 cm³/mol. The van der Waals surface area contributed by atoms with Crippen molar-refractivity contribution in [1.29, 1.82) is 0 Å². The van der Waals surface area contributed by atoms with Crippen LogP contribution < -0.4 is 10.2 Å². The Morgan fingerprint density at radius 1 is 0.596 bits per heavy atom. The normalized spacial score (nSPS) is 14.6. The zero-order valence-corrected chi connectivity index (χ0v) is 38.9. The largest absolute Gasteiger partial charge is 0.756 e. The third kappa shape index (κ3) is 42.6. The van der Waals surface area contributed by atoms with Crippen LogP contribution in [-0.4, -0.2) is 68.5 Å². The maximum Gasteiger partial charge on any atom is 0.268 e. The zero-order valence-electron chi connectivity index (χ0n) is 38.0. The number of allylic oxidation sites excluding steroid dienone is 5. The van der Waals surface area contributed by atoms with Crippen LogP contribution in [0, 0.1) is 0 Å². The Hall–Kier alpha value is -1.28. The molecule has 0 saturated carbocycles. The molecule has 8 nitrogen and oxygen atoms in total.